The third-order valence-electron chi connectivity index (χ3n) is 3.17. The van der Waals surface area contributed by atoms with Gasteiger partial charge >= 0.3 is 0 Å². The van der Waals surface area contributed by atoms with Crippen molar-refractivity contribution in [1.82, 2.24) is 4.98 Å². The van der Waals surface area contributed by atoms with Crippen LogP contribution in [0.2, 0.25) is 0 Å². The molecule has 0 aliphatic heterocycles. The van der Waals surface area contributed by atoms with E-state index in [1.165, 1.54) is 19.3 Å². The summed E-state index contributed by atoms with van der Waals surface area (Å²) in [5.41, 5.74) is 0. The van der Waals surface area contributed by atoms with Gasteiger partial charge in [-0.2, -0.15) is 0 Å². The zero-order chi connectivity index (χ0) is 10.7. The van der Waals surface area contributed by atoms with Crippen molar-refractivity contribution >= 4 is 5.82 Å². The van der Waals surface area contributed by atoms with Crippen LogP contribution in [-0.4, -0.2) is 18.1 Å². The fraction of sp³-hybridized carbons (Fsp3) is 0.583. The number of nitrogens with one attached hydrogen (secondary N) is 1. The number of ether oxygens (including phenoxy) is 1. The summed E-state index contributed by atoms with van der Waals surface area (Å²) >= 11 is 0. The van der Waals surface area contributed by atoms with Gasteiger partial charge in [-0.1, -0.05) is 13.3 Å². The summed E-state index contributed by atoms with van der Waals surface area (Å²) in [5.74, 6) is 2.44. The van der Waals surface area contributed by atoms with E-state index in [9.17, 15) is 0 Å². The highest BCUT2D eigenvalue weighted by atomic mass is 16.5. The Balaban J connectivity index is 2.09. The maximum Gasteiger partial charge on any atom is 0.168 e. The van der Waals surface area contributed by atoms with Gasteiger partial charge in [0.2, 0.25) is 0 Å². The molecule has 0 saturated heterocycles. The first kappa shape index (κ1) is 10.3. The zero-order valence-electron chi connectivity index (χ0n) is 9.36. The van der Waals surface area contributed by atoms with E-state index in [2.05, 4.69) is 17.2 Å². The van der Waals surface area contributed by atoms with Gasteiger partial charge in [0.1, 0.15) is 0 Å². The van der Waals surface area contributed by atoms with Gasteiger partial charge in [0, 0.05) is 12.2 Å². The molecule has 1 heterocycles. The smallest absolute Gasteiger partial charge is 0.168 e. The van der Waals surface area contributed by atoms with Crippen molar-refractivity contribution in [2.45, 2.75) is 32.2 Å². The van der Waals surface area contributed by atoms with Crippen molar-refractivity contribution in [2.24, 2.45) is 5.92 Å². The third-order valence-corrected chi connectivity index (χ3v) is 3.17. The van der Waals surface area contributed by atoms with Gasteiger partial charge in [-0.25, -0.2) is 4.98 Å². The first-order valence-electron chi connectivity index (χ1n) is 5.57. The zero-order valence-corrected chi connectivity index (χ0v) is 9.36. The Morgan fingerprint density at radius 2 is 2.33 bits per heavy atom. The molecule has 0 aromatic carbocycles. The summed E-state index contributed by atoms with van der Waals surface area (Å²) in [6.07, 6.45) is 5.66. The quantitative estimate of drug-likeness (QED) is 0.825. The van der Waals surface area contributed by atoms with E-state index in [1.807, 2.05) is 12.1 Å². The highest BCUT2D eigenvalue weighted by molar-refractivity contribution is 5.50. The Labute approximate surface area is 90.9 Å². The minimum absolute atomic E-state index is 0.550. The highest BCUT2D eigenvalue weighted by Crippen LogP contribution is 2.30. The molecule has 2 unspecified atom stereocenters. The Kier molecular flexibility index (Phi) is 3.09. The average Bonchev–Trinajstić information content (AvgIpc) is 2.65. The summed E-state index contributed by atoms with van der Waals surface area (Å²) < 4.78 is 5.27. The SMILES string of the molecule is COc1cccnc1NC1CCCC1C. The van der Waals surface area contributed by atoms with E-state index in [4.69, 9.17) is 4.74 Å². The molecular weight excluding hydrogens is 188 g/mol. The van der Waals surface area contributed by atoms with Crippen LogP contribution in [-0.2, 0) is 0 Å². The molecule has 0 bridgehead atoms. The number of methoxy groups -OCH3 is 1. The molecule has 1 saturated carbocycles. The van der Waals surface area contributed by atoms with E-state index in [-0.39, 0.29) is 0 Å². The molecule has 3 heteroatoms. The van der Waals surface area contributed by atoms with Gasteiger partial charge in [0.05, 0.1) is 7.11 Å². The molecule has 1 aliphatic rings. The first-order chi connectivity index (χ1) is 7.31. The molecule has 0 radical (unpaired) electrons. The van der Waals surface area contributed by atoms with Gasteiger partial charge in [-0.05, 0) is 30.9 Å². The fourth-order valence-corrected chi connectivity index (χ4v) is 2.20. The van der Waals surface area contributed by atoms with Crippen molar-refractivity contribution in [3.63, 3.8) is 0 Å². The Morgan fingerprint density at radius 3 is 3.00 bits per heavy atom. The maximum absolute atomic E-state index is 5.27. The van der Waals surface area contributed by atoms with Crippen LogP contribution >= 0.6 is 0 Å². The second-order valence-corrected chi connectivity index (χ2v) is 4.21. The van der Waals surface area contributed by atoms with Gasteiger partial charge < -0.3 is 10.1 Å². The second kappa shape index (κ2) is 4.51. The van der Waals surface area contributed by atoms with Crippen LogP contribution in [0, 0.1) is 5.92 Å². The molecule has 1 aliphatic carbocycles. The van der Waals surface area contributed by atoms with E-state index in [1.54, 1.807) is 13.3 Å². The minimum atomic E-state index is 0.550. The predicted octanol–water partition coefficient (Wildman–Crippen LogP) is 2.69. The summed E-state index contributed by atoms with van der Waals surface area (Å²) in [5, 5.41) is 3.47. The lowest BCUT2D eigenvalue weighted by atomic mass is 10.1. The fourth-order valence-electron chi connectivity index (χ4n) is 2.20. The molecule has 2 atom stereocenters. The molecule has 15 heavy (non-hydrogen) atoms. The Bertz CT molecular complexity index is 327. The lowest BCUT2D eigenvalue weighted by Crippen LogP contribution is -2.22. The van der Waals surface area contributed by atoms with Crippen LogP contribution in [0.3, 0.4) is 0 Å². The van der Waals surface area contributed by atoms with Crippen molar-refractivity contribution < 1.29 is 4.74 Å². The molecule has 0 amide bonds. The number of anilines is 1. The largest absolute Gasteiger partial charge is 0.493 e. The Morgan fingerprint density at radius 1 is 1.47 bits per heavy atom. The summed E-state index contributed by atoms with van der Waals surface area (Å²) in [6.45, 7) is 2.29. The molecule has 3 nitrogen and oxygen atoms in total. The monoisotopic (exact) mass is 206 g/mol. The van der Waals surface area contributed by atoms with Crippen LogP contribution in [0.15, 0.2) is 18.3 Å². The highest BCUT2D eigenvalue weighted by Gasteiger charge is 2.24. The van der Waals surface area contributed by atoms with Gasteiger partial charge in [0.25, 0.3) is 0 Å². The second-order valence-electron chi connectivity index (χ2n) is 4.21. The van der Waals surface area contributed by atoms with E-state index in [0.717, 1.165) is 17.5 Å². The molecule has 0 spiro atoms. The minimum Gasteiger partial charge on any atom is -0.493 e. The standard InChI is InChI=1S/C12H18N2O/c1-9-5-3-6-10(9)14-12-11(15-2)7-4-8-13-12/h4,7-10H,3,5-6H2,1-2H3,(H,13,14). The third kappa shape index (κ3) is 2.22. The maximum atomic E-state index is 5.27. The van der Waals surface area contributed by atoms with E-state index >= 15 is 0 Å². The van der Waals surface area contributed by atoms with Crippen molar-refractivity contribution in [3.8, 4) is 5.75 Å². The first-order valence-corrected chi connectivity index (χ1v) is 5.57. The molecule has 82 valence electrons. The predicted molar refractivity (Wildman–Crippen MR) is 61.2 cm³/mol. The molecule has 1 N–H and O–H groups in total. The number of pyridine rings is 1. The van der Waals surface area contributed by atoms with Gasteiger partial charge in [0.15, 0.2) is 11.6 Å². The lowest BCUT2D eigenvalue weighted by molar-refractivity contribution is 0.413. The molecule has 2 rings (SSSR count). The number of hydrogen-bond acceptors (Lipinski definition) is 3. The topological polar surface area (TPSA) is 34.1 Å². The van der Waals surface area contributed by atoms with E-state index < -0.39 is 0 Å². The molecular formula is C12H18N2O. The molecule has 1 aromatic rings. The van der Waals surface area contributed by atoms with Crippen LogP contribution < -0.4 is 10.1 Å². The van der Waals surface area contributed by atoms with Crippen LogP contribution in [0.5, 0.6) is 5.75 Å². The summed E-state index contributed by atoms with van der Waals surface area (Å²) in [4.78, 5) is 4.31. The van der Waals surface area contributed by atoms with Crippen LogP contribution in [0.4, 0.5) is 5.82 Å². The number of nitrogens with zero attached hydrogens (tertiary/aromatic N) is 1. The van der Waals surface area contributed by atoms with E-state index in [0.29, 0.717) is 6.04 Å². The van der Waals surface area contributed by atoms with Crippen molar-refractivity contribution in [1.29, 1.82) is 0 Å². The molecule has 1 aromatic heterocycles. The molecule has 1 fully saturated rings. The number of rotatable bonds is 3. The number of aromatic nitrogens is 1. The van der Waals surface area contributed by atoms with Gasteiger partial charge in [-0.15, -0.1) is 0 Å². The van der Waals surface area contributed by atoms with Crippen molar-refractivity contribution in [3.05, 3.63) is 18.3 Å². The Hall–Kier alpha value is -1.25. The normalized spacial score (nSPS) is 25.2. The lowest BCUT2D eigenvalue weighted by Gasteiger charge is -2.19. The summed E-state index contributed by atoms with van der Waals surface area (Å²) in [6, 6.07) is 4.38. The van der Waals surface area contributed by atoms with Crippen molar-refractivity contribution in [2.75, 3.05) is 12.4 Å². The summed E-state index contributed by atoms with van der Waals surface area (Å²) in [7, 11) is 1.68. The number of hydrogen-bond donors (Lipinski definition) is 1. The van der Waals surface area contributed by atoms with Crippen LogP contribution in [0.25, 0.3) is 0 Å². The van der Waals surface area contributed by atoms with Crippen LogP contribution in [0.1, 0.15) is 26.2 Å². The van der Waals surface area contributed by atoms with Gasteiger partial charge in [-0.3, -0.25) is 0 Å². The average molecular weight is 206 g/mol.